The number of carbonyl (C=O) groups is 1. The minimum Gasteiger partial charge on any atom is -0.497 e. The Morgan fingerprint density at radius 2 is 2.09 bits per heavy atom. The fourth-order valence-electron chi connectivity index (χ4n) is 2.88. The van der Waals surface area contributed by atoms with Gasteiger partial charge in [0.15, 0.2) is 0 Å². The largest absolute Gasteiger partial charge is 0.497 e. The van der Waals surface area contributed by atoms with Crippen LogP contribution in [0.2, 0.25) is 0 Å². The van der Waals surface area contributed by atoms with Crippen LogP contribution in [0.1, 0.15) is 29.2 Å². The molecule has 2 aromatic rings. The molecule has 0 spiro atoms. The fourth-order valence-corrected chi connectivity index (χ4v) is 2.88. The van der Waals surface area contributed by atoms with E-state index < -0.39 is 0 Å². The quantitative estimate of drug-likeness (QED) is 0.910. The number of aryl methyl sites for hydroxylation is 1. The van der Waals surface area contributed by atoms with Gasteiger partial charge in [0.1, 0.15) is 5.75 Å². The molecule has 1 aliphatic rings. The number of carbonyl (C=O) groups excluding carboxylic acids is 1. The highest BCUT2D eigenvalue weighted by atomic mass is 16.5. The third-order valence-electron chi connectivity index (χ3n) is 4.03. The van der Waals surface area contributed by atoms with E-state index in [-0.39, 0.29) is 12.1 Å². The minimum absolute atomic E-state index is 0.113. The van der Waals surface area contributed by atoms with E-state index in [1.807, 2.05) is 36.4 Å². The number of fused-ring (bicyclic) bond motifs is 1. The Bertz CT molecular complexity index is 670. The van der Waals surface area contributed by atoms with Crippen molar-refractivity contribution in [3.63, 3.8) is 0 Å². The van der Waals surface area contributed by atoms with E-state index in [2.05, 4.69) is 22.8 Å². The molecule has 4 nitrogen and oxygen atoms in total. The summed E-state index contributed by atoms with van der Waals surface area (Å²) in [5.74, 6) is 0.796. The van der Waals surface area contributed by atoms with Gasteiger partial charge in [0, 0.05) is 6.54 Å². The molecule has 3 rings (SSSR count). The molecule has 0 saturated heterocycles. The van der Waals surface area contributed by atoms with Crippen LogP contribution < -0.4 is 15.4 Å². The van der Waals surface area contributed by atoms with Gasteiger partial charge >= 0.3 is 6.03 Å². The van der Waals surface area contributed by atoms with Crippen molar-refractivity contribution < 1.29 is 9.53 Å². The van der Waals surface area contributed by atoms with Gasteiger partial charge in [0.2, 0.25) is 0 Å². The molecule has 0 aromatic heterocycles. The summed E-state index contributed by atoms with van der Waals surface area (Å²) in [7, 11) is 1.64. The molecule has 4 heteroatoms. The lowest BCUT2D eigenvalue weighted by Crippen LogP contribution is -2.36. The van der Waals surface area contributed by atoms with Gasteiger partial charge in [-0.2, -0.15) is 0 Å². The van der Waals surface area contributed by atoms with Crippen LogP contribution in [-0.2, 0) is 13.0 Å². The van der Waals surface area contributed by atoms with E-state index in [4.69, 9.17) is 4.74 Å². The van der Waals surface area contributed by atoms with Gasteiger partial charge < -0.3 is 15.4 Å². The predicted octanol–water partition coefficient (Wildman–Crippen LogP) is 3.18. The van der Waals surface area contributed by atoms with Crippen LogP contribution in [0, 0.1) is 0 Å². The summed E-state index contributed by atoms with van der Waals surface area (Å²) in [6.07, 6.45) is 1.99. The molecule has 2 aromatic carbocycles. The summed E-state index contributed by atoms with van der Waals surface area (Å²) in [6.45, 7) is 0.484. The lowest BCUT2D eigenvalue weighted by atomic mass is 10.1. The molecule has 0 bridgehead atoms. The maximum Gasteiger partial charge on any atom is 0.315 e. The summed E-state index contributed by atoms with van der Waals surface area (Å²) >= 11 is 0. The number of amides is 2. The van der Waals surface area contributed by atoms with E-state index in [1.54, 1.807) is 7.11 Å². The van der Waals surface area contributed by atoms with E-state index in [1.165, 1.54) is 11.1 Å². The molecule has 0 saturated carbocycles. The lowest BCUT2D eigenvalue weighted by molar-refractivity contribution is 0.236. The Morgan fingerprint density at radius 1 is 1.23 bits per heavy atom. The van der Waals surface area contributed by atoms with Gasteiger partial charge in [-0.15, -0.1) is 0 Å². The van der Waals surface area contributed by atoms with Crippen molar-refractivity contribution in [2.45, 2.75) is 25.4 Å². The molecule has 0 heterocycles. The topological polar surface area (TPSA) is 50.4 Å². The van der Waals surface area contributed by atoms with Crippen LogP contribution in [0.5, 0.6) is 5.75 Å². The van der Waals surface area contributed by atoms with Crippen molar-refractivity contribution in [2.24, 2.45) is 0 Å². The first-order valence-corrected chi connectivity index (χ1v) is 7.51. The zero-order valence-corrected chi connectivity index (χ0v) is 12.6. The van der Waals surface area contributed by atoms with Gasteiger partial charge in [0.05, 0.1) is 13.2 Å². The molecular formula is C18H20N2O2. The lowest BCUT2D eigenvalue weighted by Gasteiger charge is -2.15. The Kier molecular flexibility index (Phi) is 4.28. The SMILES string of the molecule is COc1cccc(CNC(=O)NC2CCc3ccccc32)c1. The number of urea groups is 1. The van der Waals surface area contributed by atoms with Crippen molar-refractivity contribution in [3.8, 4) is 5.75 Å². The molecule has 22 heavy (non-hydrogen) atoms. The summed E-state index contributed by atoms with van der Waals surface area (Å²) in [5.41, 5.74) is 3.58. The van der Waals surface area contributed by atoms with Crippen molar-refractivity contribution >= 4 is 6.03 Å². The molecule has 1 unspecified atom stereocenters. The molecule has 1 aliphatic carbocycles. The molecule has 2 amide bonds. The van der Waals surface area contributed by atoms with Gasteiger partial charge in [-0.1, -0.05) is 36.4 Å². The second kappa shape index (κ2) is 6.52. The first kappa shape index (κ1) is 14.4. The molecular weight excluding hydrogens is 276 g/mol. The first-order valence-electron chi connectivity index (χ1n) is 7.51. The third kappa shape index (κ3) is 3.22. The average Bonchev–Trinajstić information content (AvgIpc) is 2.96. The van der Waals surface area contributed by atoms with Crippen molar-refractivity contribution in [3.05, 3.63) is 65.2 Å². The van der Waals surface area contributed by atoms with Gasteiger partial charge in [-0.05, 0) is 41.7 Å². The van der Waals surface area contributed by atoms with Gasteiger partial charge in [0.25, 0.3) is 0 Å². The number of methoxy groups -OCH3 is 1. The highest BCUT2D eigenvalue weighted by molar-refractivity contribution is 5.74. The monoisotopic (exact) mass is 296 g/mol. The molecule has 2 N–H and O–H groups in total. The highest BCUT2D eigenvalue weighted by Crippen LogP contribution is 2.30. The van der Waals surface area contributed by atoms with Gasteiger partial charge in [-0.3, -0.25) is 0 Å². The second-order valence-electron chi connectivity index (χ2n) is 5.47. The summed E-state index contributed by atoms with van der Waals surface area (Å²) in [4.78, 5) is 12.1. The van der Waals surface area contributed by atoms with Crippen LogP contribution in [0.25, 0.3) is 0 Å². The van der Waals surface area contributed by atoms with E-state index in [0.717, 1.165) is 24.2 Å². The summed E-state index contributed by atoms with van der Waals surface area (Å²) < 4.78 is 5.18. The van der Waals surface area contributed by atoms with Crippen LogP contribution in [0.3, 0.4) is 0 Å². The Morgan fingerprint density at radius 3 is 2.95 bits per heavy atom. The number of nitrogens with one attached hydrogen (secondary N) is 2. The standard InChI is InChI=1S/C18H20N2O2/c1-22-15-7-4-5-13(11-15)12-19-18(21)20-17-10-9-14-6-2-3-8-16(14)17/h2-8,11,17H,9-10,12H2,1H3,(H2,19,20,21). The number of ether oxygens (including phenoxy) is 1. The van der Waals surface area contributed by atoms with Gasteiger partial charge in [-0.25, -0.2) is 4.79 Å². The zero-order valence-electron chi connectivity index (χ0n) is 12.6. The van der Waals surface area contributed by atoms with Crippen LogP contribution in [0.15, 0.2) is 48.5 Å². The first-order chi connectivity index (χ1) is 10.8. The van der Waals surface area contributed by atoms with E-state index >= 15 is 0 Å². The molecule has 114 valence electrons. The maximum atomic E-state index is 12.1. The average molecular weight is 296 g/mol. The Hall–Kier alpha value is -2.49. The molecule has 0 aliphatic heterocycles. The van der Waals surface area contributed by atoms with E-state index in [0.29, 0.717) is 6.54 Å². The molecule has 1 atom stereocenters. The van der Waals surface area contributed by atoms with E-state index in [9.17, 15) is 4.79 Å². The van der Waals surface area contributed by atoms with Crippen LogP contribution in [0.4, 0.5) is 4.79 Å². The summed E-state index contributed by atoms with van der Waals surface area (Å²) in [5, 5.41) is 5.95. The number of hydrogen-bond acceptors (Lipinski definition) is 2. The zero-order chi connectivity index (χ0) is 15.4. The minimum atomic E-state index is -0.135. The number of rotatable bonds is 4. The Balaban J connectivity index is 1.55. The van der Waals surface area contributed by atoms with Crippen molar-refractivity contribution in [1.29, 1.82) is 0 Å². The number of benzene rings is 2. The molecule has 0 radical (unpaired) electrons. The van der Waals surface area contributed by atoms with Crippen molar-refractivity contribution in [2.75, 3.05) is 7.11 Å². The summed E-state index contributed by atoms with van der Waals surface area (Å²) in [6, 6.07) is 16.0. The molecule has 0 fully saturated rings. The third-order valence-corrected chi connectivity index (χ3v) is 4.03. The smallest absolute Gasteiger partial charge is 0.315 e. The number of hydrogen-bond donors (Lipinski definition) is 2. The Labute approximate surface area is 130 Å². The second-order valence-corrected chi connectivity index (χ2v) is 5.47. The predicted molar refractivity (Wildman–Crippen MR) is 85.9 cm³/mol. The van der Waals surface area contributed by atoms with Crippen LogP contribution in [-0.4, -0.2) is 13.1 Å². The normalized spacial score (nSPS) is 16.0. The maximum absolute atomic E-state index is 12.1. The van der Waals surface area contributed by atoms with Crippen molar-refractivity contribution in [1.82, 2.24) is 10.6 Å². The fraction of sp³-hybridized carbons (Fsp3) is 0.278. The van der Waals surface area contributed by atoms with Crippen LogP contribution >= 0.6 is 0 Å². The highest BCUT2D eigenvalue weighted by Gasteiger charge is 2.23.